The van der Waals surface area contributed by atoms with Crippen molar-refractivity contribution in [3.63, 3.8) is 0 Å². The van der Waals surface area contributed by atoms with Gasteiger partial charge >= 0.3 is 0 Å². The van der Waals surface area contributed by atoms with Crippen molar-refractivity contribution in [2.24, 2.45) is 0 Å². The Kier molecular flexibility index (Phi) is 4.76. The van der Waals surface area contributed by atoms with Crippen LogP contribution in [0.3, 0.4) is 0 Å². The topological polar surface area (TPSA) is 74.2 Å². The largest absolute Gasteiger partial charge is 0.481 e. The molecule has 0 atom stereocenters. The Bertz CT molecular complexity index is 838. The maximum atomic E-state index is 12.4. The summed E-state index contributed by atoms with van der Waals surface area (Å²) in [5.41, 5.74) is 0.945. The Labute approximate surface area is 139 Å². The molecule has 0 spiro atoms. The maximum Gasteiger partial charge on any atom is 0.213 e. The van der Waals surface area contributed by atoms with Crippen LogP contribution in [0.4, 0.5) is 0 Å². The van der Waals surface area contributed by atoms with Crippen LogP contribution in [0.25, 0.3) is 0 Å². The van der Waals surface area contributed by atoms with Gasteiger partial charge in [-0.15, -0.1) is 0 Å². The lowest BCUT2D eigenvalue weighted by atomic mass is 10.1. The molecule has 24 heavy (non-hydrogen) atoms. The molecule has 0 saturated carbocycles. The average Bonchev–Trinajstić information content (AvgIpc) is 2.63. The molecule has 3 heterocycles. The van der Waals surface area contributed by atoms with Gasteiger partial charge in [-0.2, -0.15) is 0 Å². The molecular formula is C18H15N3O3. The zero-order valence-electron chi connectivity index (χ0n) is 13.0. The molecule has 0 radical (unpaired) electrons. The molecule has 0 unspecified atom stereocenters. The third-order valence-electron chi connectivity index (χ3n) is 3.22. The molecule has 6 nitrogen and oxygen atoms in total. The highest BCUT2D eigenvalue weighted by molar-refractivity contribution is 5.95. The monoisotopic (exact) mass is 321 g/mol. The van der Waals surface area contributed by atoms with Crippen molar-refractivity contribution in [1.82, 2.24) is 15.0 Å². The van der Waals surface area contributed by atoms with Gasteiger partial charge in [-0.05, 0) is 24.3 Å². The molecule has 0 saturated heterocycles. The van der Waals surface area contributed by atoms with E-state index >= 15 is 0 Å². The van der Waals surface area contributed by atoms with Crippen LogP contribution < -0.4 is 9.47 Å². The van der Waals surface area contributed by atoms with Crippen LogP contribution in [-0.2, 0) is 6.42 Å². The number of pyridine rings is 3. The first-order chi connectivity index (χ1) is 11.7. The first-order valence-corrected chi connectivity index (χ1v) is 7.31. The molecule has 0 amide bonds. The van der Waals surface area contributed by atoms with E-state index in [9.17, 15) is 4.79 Å². The third-order valence-corrected chi connectivity index (χ3v) is 3.22. The number of carbonyl (C=O) groups excluding carboxylic acids is 1. The van der Waals surface area contributed by atoms with Gasteiger partial charge in [0.15, 0.2) is 5.78 Å². The Morgan fingerprint density at radius 1 is 1.08 bits per heavy atom. The van der Waals surface area contributed by atoms with E-state index in [0.717, 1.165) is 0 Å². The smallest absolute Gasteiger partial charge is 0.213 e. The summed E-state index contributed by atoms with van der Waals surface area (Å²) in [6.07, 6.45) is 4.94. The third kappa shape index (κ3) is 3.92. The van der Waals surface area contributed by atoms with Crippen molar-refractivity contribution in [2.75, 3.05) is 7.11 Å². The first kappa shape index (κ1) is 15.6. The molecule has 3 aromatic rings. The fourth-order valence-corrected chi connectivity index (χ4v) is 2.10. The Morgan fingerprint density at radius 2 is 2.00 bits per heavy atom. The molecule has 0 aliphatic carbocycles. The number of hydrogen-bond acceptors (Lipinski definition) is 6. The summed E-state index contributed by atoms with van der Waals surface area (Å²) in [6.45, 7) is 0. The second-order valence-electron chi connectivity index (χ2n) is 4.94. The van der Waals surface area contributed by atoms with Crippen LogP contribution in [-0.4, -0.2) is 27.8 Å². The lowest BCUT2D eigenvalue weighted by Crippen LogP contribution is -2.07. The second-order valence-corrected chi connectivity index (χ2v) is 4.94. The number of nitrogens with zero attached hydrogens (tertiary/aromatic N) is 3. The number of rotatable bonds is 6. The van der Waals surface area contributed by atoms with Gasteiger partial charge < -0.3 is 9.47 Å². The normalized spacial score (nSPS) is 10.2. The molecule has 3 rings (SSSR count). The van der Waals surface area contributed by atoms with E-state index in [2.05, 4.69) is 15.0 Å². The van der Waals surface area contributed by atoms with Crippen molar-refractivity contribution in [3.8, 4) is 17.4 Å². The Hall–Kier alpha value is -3.28. The summed E-state index contributed by atoms with van der Waals surface area (Å²) in [4.78, 5) is 24.7. The summed E-state index contributed by atoms with van der Waals surface area (Å²) in [5, 5.41) is 0. The summed E-state index contributed by atoms with van der Waals surface area (Å²) in [5.74, 6) is 1.45. The average molecular weight is 321 g/mol. The number of ether oxygens (including phenoxy) is 2. The molecule has 0 bridgehead atoms. The van der Waals surface area contributed by atoms with Crippen molar-refractivity contribution < 1.29 is 14.3 Å². The highest BCUT2D eigenvalue weighted by Crippen LogP contribution is 2.20. The molecule has 0 aromatic carbocycles. The van der Waals surface area contributed by atoms with E-state index in [1.807, 2.05) is 0 Å². The van der Waals surface area contributed by atoms with Gasteiger partial charge in [0, 0.05) is 24.5 Å². The standard InChI is InChI=1S/C18H15N3O3/c1-23-18-6-2-4-13(21-18)10-17(22)16-11-14(7-9-20-16)24-15-5-3-8-19-12-15/h2-9,11-12H,10H2,1H3. The van der Waals surface area contributed by atoms with Crippen LogP contribution in [0, 0.1) is 0 Å². The molecule has 0 aliphatic heterocycles. The van der Waals surface area contributed by atoms with E-state index in [4.69, 9.17) is 9.47 Å². The van der Waals surface area contributed by atoms with Gasteiger partial charge in [-0.1, -0.05) is 6.07 Å². The van der Waals surface area contributed by atoms with Crippen LogP contribution in [0.5, 0.6) is 17.4 Å². The van der Waals surface area contributed by atoms with Gasteiger partial charge in [0.25, 0.3) is 0 Å². The van der Waals surface area contributed by atoms with Crippen molar-refractivity contribution in [2.45, 2.75) is 6.42 Å². The van der Waals surface area contributed by atoms with E-state index in [1.54, 1.807) is 54.9 Å². The van der Waals surface area contributed by atoms with Crippen LogP contribution >= 0.6 is 0 Å². The first-order valence-electron chi connectivity index (χ1n) is 7.31. The fraction of sp³-hybridized carbons (Fsp3) is 0.111. The summed E-state index contributed by atoms with van der Waals surface area (Å²) in [7, 11) is 1.54. The minimum absolute atomic E-state index is 0.139. The summed E-state index contributed by atoms with van der Waals surface area (Å²) in [6, 6.07) is 12.2. The Balaban J connectivity index is 1.74. The highest BCUT2D eigenvalue weighted by Gasteiger charge is 2.11. The van der Waals surface area contributed by atoms with Gasteiger partial charge in [-0.3, -0.25) is 14.8 Å². The van der Waals surface area contributed by atoms with Gasteiger partial charge in [0.1, 0.15) is 17.2 Å². The number of Topliss-reactive ketones (excluding diaryl/α,β-unsaturated/α-hetero) is 1. The summed E-state index contributed by atoms with van der Waals surface area (Å²) < 4.78 is 10.7. The molecule has 120 valence electrons. The number of ketones is 1. The van der Waals surface area contributed by atoms with Crippen LogP contribution in [0.2, 0.25) is 0 Å². The van der Waals surface area contributed by atoms with Crippen molar-refractivity contribution >= 4 is 5.78 Å². The predicted molar refractivity (Wildman–Crippen MR) is 87.4 cm³/mol. The Morgan fingerprint density at radius 3 is 2.79 bits per heavy atom. The second kappa shape index (κ2) is 7.32. The maximum absolute atomic E-state index is 12.4. The quantitative estimate of drug-likeness (QED) is 0.650. The van der Waals surface area contributed by atoms with Crippen LogP contribution in [0.1, 0.15) is 16.2 Å². The highest BCUT2D eigenvalue weighted by atomic mass is 16.5. The van der Waals surface area contributed by atoms with E-state index < -0.39 is 0 Å². The van der Waals surface area contributed by atoms with Crippen molar-refractivity contribution in [3.05, 3.63) is 72.4 Å². The number of hydrogen-bond donors (Lipinski definition) is 0. The zero-order chi connectivity index (χ0) is 16.8. The lowest BCUT2D eigenvalue weighted by Gasteiger charge is -2.06. The molecular weight excluding hydrogens is 306 g/mol. The molecule has 0 fully saturated rings. The predicted octanol–water partition coefficient (Wildman–Crippen LogP) is 3.10. The molecule has 0 N–H and O–H groups in total. The number of methoxy groups -OCH3 is 1. The minimum Gasteiger partial charge on any atom is -0.481 e. The molecule has 3 aromatic heterocycles. The van der Waals surface area contributed by atoms with Crippen molar-refractivity contribution in [1.29, 1.82) is 0 Å². The minimum atomic E-state index is -0.146. The molecule has 6 heteroatoms. The SMILES string of the molecule is COc1cccc(CC(=O)c2cc(Oc3cccnc3)ccn2)n1. The van der Waals surface area contributed by atoms with Gasteiger partial charge in [0.2, 0.25) is 5.88 Å². The van der Waals surface area contributed by atoms with E-state index in [-0.39, 0.29) is 12.2 Å². The van der Waals surface area contributed by atoms with E-state index in [1.165, 1.54) is 13.3 Å². The van der Waals surface area contributed by atoms with Gasteiger partial charge in [-0.25, -0.2) is 4.98 Å². The number of carbonyl (C=O) groups is 1. The lowest BCUT2D eigenvalue weighted by molar-refractivity contribution is 0.0986. The summed E-state index contributed by atoms with van der Waals surface area (Å²) >= 11 is 0. The molecule has 0 aliphatic rings. The van der Waals surface area contributed by atoms with Gasteiger partial charge in [0.05, 0.1) is 25.4 Å². The van der Waals surface area contributed by atoms with Crippen LogP contribution in [0.15, 0.2) is 61.1 Å². The van der Waals surface area contributed by atoms with E-state index in [0.29, 0.717) is 28.8 Å². The fourth-order valence-electron chi connectivity index (χ4n) is 2.10. The number of aromatic nitrogens is 3. The zero-order valence-corrected chi connectivity index (χ0v) is 13.0.